The fraction of sp³-hybridized carbons (Fsp3) is 0.318. The highest BCUT2D eigenvalue weighted by Crippen LogP contribution is 2.27. The third kappa shape index (κ3) is 4.53. The van der Waals surface area contributed by atoms with Crippen molar-refractivity contribution in [2.45, 2.75) is 25.8 Å². The number of carbonyl (C=O) groups excluding carboxylic acids is 3. The molecule has 2 aromatic carbocycles. The second-order valence-corrected chi connectivity index (χ2v) is 7.15. The van der Waals surface area contributed by atoms with E-state index in [-0.39, 0.29) is 13.0 Å². The van der Waals surface area contributed by atoms with Gasteiger partial charge in [0.15, 0.2) is 0 Å². The molecule has 0 spiro atoms. The second-order valence-electron chi connectivity index (χ2n) is 7.15. The maximum absolute atomic E-state index is 13.0. The summed E-state index contributed by atoms with van der Waals surface area (Å²) in [7, 11) is 1.55. The quantitative estimate of drug-likeness (QED) is 0.651. The number of carbonyl (C=O) groups is 3. The Morgan fingerprint density at radius 3 is 2.50 bits per heavy atom. The molecule has 1 saturated heterocycles. The summed E-state index contributed by atoms with van der Waals surface area (Å²) in [5, 5.41) is 5.39. The summed E-state index contributed by atoms with van der Waals surface area (Å²) in [6, 6.07) is 13.6. The normalized spacial score (nSPS) is 18.2. The van der Waals surface area contributed by atoms with Gasteiger partial charge in [0.1, 0.15) is 23.6 Å². The number of ether oxygens (including phenoxy) is 2. The first-order valence-electron chi connectivity index (χ1n) is 9.65. The molecule has 30 heavy (non-hydrogen) atoms. The standard InChI is InChI=1S/C22H25N3O5/c1-4-30-17-11-9-16(10-12-17)23-19(26)14-25-20(27)22(2,24-21(25)28)13-15-7-5-6-8-18(15)29-3/h5-12H,4,13-14H2,1-3H3,(H,23,26)(H,24,28)/t22-/m1/s1. The number of benzene rings is 2. The number of hydrogen-bond donors (Lipinski definition) is 2. The Labute approximate surface area is 175 Å². The molecule has 4 amide bonds. The van der Waals surface area contributed by atoms with Crippen molar-refractivity contribution in [3.63, 3.8) is 0 Å². The topological polar surface area (TPSA) is 97.0 Å². The zero-order valence-electron chi connectivity index (χ0n) is 17.2. The van der Waals surface area contributed by atoms with Crippen molar-refractivity contribution in [1.82, 2.24) is 10.2 Å². The van der Waals surface area contributed by atoms with Crippen LogP contribution in [0.4, 0.5) is 10.5 Å². The largest absolute Gasteiger partial charge is 0.496 e. The predicted molar refractivity (Wildman–Crippen MR) is 112 cm³/mol. The van der Waals surface area contributed by atoms with Gasteiger partial charge in [0, 0.05) is 12.1 Å². The molecule has 1 atom stereocenters. The minimum Gasteiger partial charge on any atom is -0.496 e. The summed E-state index contributed by atoms with van der Waals surface area (Å²) in [4.78, 5) is 38.7. The number of amides is 4. The number of methoxy groups -OCH3 is 1. The van der Waals surface area contributed by atoms with E-state index in [4.69, 9.17) is 9.47 Å². The summed E-state index contributed by atoms with van der Waals surface area (Å²) in [5.41, 5.74) is 0.176. The lowest BCUT2D eigenvalue weighted by atomic mass is 9.92. The Balaban J connectivity index is 1.66. The molecule has 0 unspecified atom stereocenters. The molecular formula is C22H25N3O5. The maximum atomic E-state index is 13.0. The lowest BCUT2D eigenvalue weighted by molar-refractivity contribution is -0.133. The van der Waals surface area contributed by atoms with E-state index in [0.717, 1.165) is 10.5 Å². The smallest absolute Gasteiger partial charge is 0.325 e. The van der Waals surface area contributed by atoms with Gasteiger partial charge in [-0.3, -0.25) is 14.5 Å². The highest BCUT2D eigenvalue weighted by atomic mass is 16.5. The van der Waals surface area contributed by atoms with Crippen molar-refractivity contribution in [2.75, 3.05) is 25.6 Å². The Kier molecular flexibility index (Phi) is 6.25. The van der Waals surface area contributed by atoms with Crippen LogP contribution in [0.3, 0.4) is 0 Å². The van der Waals surface area contributed by atoms with E-state index in [1.807, 2.05) is 25.1 Å². The van der Waals surface area contributed by atoms with E-state index in [9.17, 15) is 14.4 Å². The maximum Gasteiger partial charge on any atom is 0.325 e. The lowest BCUT2D eigenvalue weighted by Crippen LogP contribution is -2.46. The van der Waals surface area contributed by atoms with Crippen LogP contribution in [0.5, 0.6) is 11.5 Å². The molecule has 1 fully saturated rings. The molecule has 0 aliphatic carbocycles. The van der Waals surface area contributed by atoms with Crippen LogP contribution in [0, 0.1) is 0 Å². The molecule has 0 bridgehead atoms. The number of nitrogens with one attached hydrogen (secondary N) is 2. The number of para-hydroxylation sites is 1. The summed E-state index contributed by atoms with van der Waals surface area (Å²) in [6.45, 7) is 3.70. The Morgan fingerprint density at radius 1 is 1.13 bits per heavy atom. The minimum absolute atomic E-state index is 0.249. The van der Waals surface area contributed by atoms with Crippen LogP contribution in [0.1, 0.15) is 19.4 Å². The Morgan fingerprint density at radius 2 is 1.83 bits per heavy atom. The van der Waals surface area contributed by atoms with Gasteiger partial charge in [0.25, 0.3) is 5.91 Å². The number of imide groups is 1. The monoisotopic (exact) mass is 411 g/mol. The predicted octanol–water partition coefficient (Wildman–Crippen LogP) is 2.59. The van der Waals surface area contributed by atoms with Crippen LogP contribution >= 0.6 is 0 Å². The van der Waals surface area contributed by atoms with Crippen molar-refractivity contribution < 1.29 is 23.9 Å². The molecule has 1 aliphatic heterocycles. The van der Waals surface area contributed by atoms with Crippen molar-refractivity contribution in [3.05, 3.63) is 54.1 Å². The molecule has 2 aromatic rings. The number of anilines is 1. The molecule has 1 heterocycles. The van der Waals surface area contributed by atoms with Crippen LogP contribution in [-0.4, -0.2) is 48.5 Å². The summed E-state index contributed by atoms with van der Waals surface area (Å²) in [6.07, 6.45) is 0.249. The van der Waals surface area contributed by atoms with Gasteiger partial charge in [-0.15, -0.1) is 0 Å². The highest BCUT2D eigenvalue weighted by Gasteiger charge is 2.48. The number of rotatable bonds is 8. The van der Waals surface area contributed by atoms with Crippen molar-refractivity contribution in [3.8, 4) is 11.5 Å². The summed E-state index contributed by atoms with van der Waals surface area (Å²) >= 11 is 0. The average molecular weight is 411 g/mol. The second kappa shape index (κ2) is 8.86. The van der Waals surface area contributed by atoms with Gasteiger partial charge in [-0.05, 0) is 49.7 Å². The van der Waals surface area contributed by atoms with Gasteiger partial charge < -0.3 is 20.1 Å². The van der Waals surface area contributed by atoms with E-state index >= 15 is 0 Å². The molecular weight excluding hydrogens is 386 g/mol. The fourth-order valence-electron chi connectivity index (χ4n) is 3.39. The van der Waals surface area contributed by atoms with E-state index < -0.39 is 23.4 Å². The lowest BCUT2D eigenvalue weighted by Gasteiger charge is -2.22. The minimum atomic E-state index is -1.16. The first kappa shape index (κ1) is 21.2. The van der Waals surface area contributed by atoms with Crippen LogP contribution < -0.4 is 20.1 Å². The zero-order valence-corrected chi connectivity index (χ0v) is 17.2. The molecule has 3 rings (SSSR count). The van der Waals surface area contributed by atoms with Crippen LogP contribution in [0.2, 0.25) is 0 Å². The molecule has 2 N–H and O–H groups in total. The Bertz CT molecular complexity index is 944. The molecule has 8 heteroatoms. The number of urea groups is 1. The van der Waals surface area contributed by atoms with Crippen LogP contribution in [0.15, 0.2) is 48.5 Å². The van der Waals surface area contributed by atoms with Gasteiger partial charge in [-0.2, -0.15) is 0 Å². The molecule has 8 nitrogen and oxygen atoms in total. The number of hydrogen-bond acceptors (Lipinski definition) is 5. The molecule has 158 valence electrons. The SMILES string of the molecule is CCOc1ccc(NC(=O)CN2C(=O)N[C@](C)(Cc3ccccc3OC)C2=O)cc1. The zero-order chi connectivity index (χ0) is 21.7. The van der Waals surface area contributed by atoms with Gasteiger partial charge in [0.2, 0.25) is 5.91 Å². The highest BCUT2D eigenvalue weighted by molar-refractivity contribution is 6.10. The third-order valence-corrected chi connectivity index (χ3v) is 4.83. The molecule has 0 aromatic heterocycles. The molecule has 0 radical (unpaired) electrons. The number of nitrogens with zero attached hydrogens (tertiary/aromatic N) is 1. The van der Waals surface area contributed by atoms with Gasteiger partial charge in [0.05, 0.1) is 13.7 Å². The van der Waals surface area contributed by atoms with E-state index in [1.165, 1.54) is 0 Å². The van der Waals surface area contributed by atoms with E-state index in [1.54, 1.807) is 44.4 Å². The van der Waals surface area contributed by atoms with Crippen LogP contribution in [0.25, 0.3) is 0 Å². The van der Waals surface area contributed by atoms with Crippen molar-refractivity contribution >= 4 is 23.5 Å². The van der Waals surface area contributed by atoms with Gasteiger partial charge >= 0.3 is 6.03 Å². The van der Waals surface area contributed by atoms with E-state index in [0.29, 0.717) is 23.8 Å². The van der Waals surface area contributed by atoms with Crippen molar-refractivity contribution in [1.29, 1.82) is 0 Å². The third-order valence-electron chi connectivity index (χ3n) is 4.83. The summed E-state index contributed by atoms with van der Waals surface area (Å²) < 4.78 is 10.7. The average Bonchev–Trinajstić information content (AvgIpc) is 2.93. The van der Waals surface area contributed by atoms with Crippen LogP contribution in [-0.2, 0) is 16.0 Å². The van der Waals surface area contributed by atoms with Crippen molar-refractivity contribution in [2.24, 2.45) is 0 Å². The first-order chi connectivity index (χ1) is 14.4. The van der Waals surface area contributed by atoms with Gasteiger partial charge in [-0.1, -0.05) is 18.2 Å². The fourth-order valence-corrected chi connectivity index (χ4v) is 3.39. The molecule has 0 saturated carbocycles. The Hall–Kier alpha value is -3.55. The van der Waals surface area contributed by atoms with E-state index in [2.05, 4.69) is 10.6 Å². The summed E-state index contributed by atoms with van der Waals surface area (Å²) in [5.74, 6) is 0.397. The first-order valence-corrected chi connectivity index (χ1v) is 9.65. The molecule has 1 aliphatic rings. The van der Waals surface area contributed by atoms with Gasteiger partial charge in [-0.25, -0.2) is 4.79 Å².